The molecule has 4 rings (SSSR count). The Morgan fingerprint density at radius 2 is 1.63 bits per heavy atom. The van der Waals surface area contributed by atoms with Gasteiger partial charge in [0.1, 0.15) is 6.04 Å². The quantitative estimate of drug-likeness (QED) is 0.520. The van der Waals surface area contributed by atoms with E-state index in [2.05, 4.69) is 10.6 Å². The maximum absolute atomic E-state index is 13.9. The Kier molecular flexibility index (Phi) is 6.67. The molecular weight excluding hydrogens is 462 g/mol. The predicted molar refractivity (Wildman–Crippen MR) is 138 cm³/mol. The molecule has 7 nitrogen and oxygen atoms in total. The fourth-order valence-corrected chi connectivity index (χ4v) is 6.57. The van der Waals surface area contributed by atoms with Crippen molar-refractivity contribution in [3.63, 3.8) is 0 Å². The molecule has 0 saturated carbocycles. The maximum atomic E-state index is 13.9. The number of amides is 2. The summed E-state index contributed by atoms with van der Waals surface area (Å²) in [7, 11) is -4.23. The monoisotopic (exact) mass is 491 g/mol. The number of anilines is 3. The number of rotatable bonds is 6. The molecule has 0 fully saturated rings. The third-order valence-electron chi connectivity index (χ3n) is 6.12. The minimum absolute atomic E-state index is 0.105. The first-order valence-corrected chi connectivity index (χ1v) is 13.0. The van der Waals surface area contributed by atoms with Crippen molar-refractivity contribution in [2.75, 3.05) is 14.9 Å². The number of hydrogen-bond donors (Lipinski definition) is 2. The van der Waals surface area contributed by atoms with Crippen LogP contribution in [-0.4, -0.2) is 26.3 Å². The Balaban J connectivity index is 1.70. The van der Waals surface area contributed by atoms with Gasteiger partial charge in [-0.05, 0) is 62.1 Å². The van der Waals surface area contributed by atoms with E-state index in [0.717, 1.165) is 21.9 Å². The summed E-state index contributed by atoms with van der Waals surface area (Å²) in [6, 6.07) is 16.7. The fraction of sp³-hybridized carbons (Fsp3) is 0.259. The van der Waals surface area contributed by atoms with Crippen molar-refractivity contribution in [1.29, 1.82) is 0 Å². The van der Waals surface area contributed by atoms with E-state index in [1.807, 2.05) is 38.1 Å². The number of hydrogen-bond acceptors (Lipinski definition) is 5. The second-order valence-corrected chi connectivity index (χ2v) is 10.5. The molecular formula is C27H29N3O4S. The zero-order chi connectivity index (χ0) is 25.3. The first kappa shape index (κ1) is 24.5. The van der Waals surface area contributed by atoms with Crippen LogP contribution in [0.3, 0.4) is 0 Å². The first-order valence-electron chi connectivity index (χ1n) is 11.5. The van der Waals surface area contributed by atoms with E-state index in [4.69, 9.17) is 0 Å². The molecule has 182 valence electrons. The highest BCUT2D eigenvalue weighted by molar-refractivity contribution is 7.93. The van der Waals surface area contributed by atoms with Crippen molar-refractivity contribution in [2.45, 2.75) is 51.5 Å². The normalized spacial score (nSPS) is 15.4. The molecule has 1 atom stereocenters. The van der Waals surface area contributed by atoms with Crippen molar-refractivity contribution in [1.82, 2.24) is 0 Å². The number of nitrogens with zero attached hydrogens (tertiary/aromatic N) is 1. The highest BCUT2D eigenvalue weighted by Crippen LogP contribution is 2.37. The van der Waals surface area contributed by atoms with Crippen LogP contribution in [0.4, 0.5) is 17.1 Å². The molecule has 3 aromatic rings. The lowest BCUT2D eigenvalue weighted by Gasteiger charge is -2.35. The van der Waals surface area contributed by atoms with Gasteiger partial charge in [-0.2, -0.15) is 4.31 Å². The van der Waals surface area contributed by atoms with Gasteiger partial charge in [-0.3, -0.25) is 9.59 Å². The SMILES string of the molecule is CCc1ccccc1NC(=O)CC1Nc2ccccc2N(S(=O)(=O)c2c(C)cc(C)cc2C)C1=O. The van der Waals surface area contributed by atoms with Gasteiger partial charge in [-0.1, -0.05) is 55.0 Å². The maximum Gasteiger partial charge on any atom is 0.271 e. The third-order valence-corrected chi connectivity index (χ3v) is 8.13. The molecule has 3 aromatic carbocycles. The number of para-hydroxylation sites is 3. The number of carbonyl (C=O) groups is 2. The van der Waals surface area contributed by atoms with Gasteiger partial charge in [0, 0.05) is 5.69 Å². The second kappa shape index (κ2) is 9.54. The van der Waals surface area contributed by atoms with Crippen LogP contribution in [0, 0.1) is 20.8 Å². The Labute approximate surface area is 206 Å². The standard InChI is InChI=1S/C27H29N3O4S/c1-5-20-10-6-7-11-21(20)29-25(31)16-23-27(32)30(24-13-9-8-12-22(24)28-23)35(33,34)26-18(3)14-17(2)15-19(26)4/h6-15,23,28H,5,16H2,1-4H3,(H,29,31). The van der Waals surface area contributed by atoms with E-state index >= 15 is 0 Å². The highest BCUT2D eigenvalue weighted by Gasteiger charge is 2.42. The van der Waals surface area contributed by atoms with Gasteiger partial charge in [-0.25, -0.2) is 8.42 Å². The zero-order valence-electron chi connectivity index (χ0n) is 20.3. The summed E-state index contributed by atoms with van der Waals surface area (Å²) in [6.07, 6.45) is 0.523. The number of benzene rings is 3. The number of fused-ring (bicyclic) bond motifs is 1. The number of nitrogens with one attached hydrogen (secondary N) is 2. The molecule has 2 N–H and O–H groups in total. The van der Waals surface area contributed by atoms with Crippen molar-refractivity contribution in [3.8, 4) is 0 Å². The van der Waals surface area contributed by atoms with Crippen molar-refractivity contribution < 1.29 is 18.0 Å². The molecule has 1 heterocycles. The molecule has 0 saturated heterocycles. The summed E-state index contributed by atoms with van der Waals surface area (Å²) in [5, 5.41) is 5.93. The average molecular weight is 492 g/mol. The van der Waals surface area contributed by atoms with Gasteiger partial charge >= 0.3 is 0 Å². The Morgan fingerprint density at radius 1 is 1.00 bits per heavy atom. The zero-order valence-corrected chi connectivity index (χ0v) is 21.1. The minimum Gasteiger partial charge on any atom is -0.371 e. The molecule has 1 aliphatic heterocycles. The molecule has 0 aromatic heterocycles. The van der Waals surface area contributed by atoms with Crippen molar-refractivity contribution in [2.24, 2.45) is 0 Å². The molecule has 0 spiro atoms. The average Bonchev–Trinajstić information content (AvgIpc) is 2.78. The van der Waals surface area contributed by atoms with E-state index in [0.29, 0.717) is 22.5 Å². The largest absolute Gasteiger partial charge is 0.371 e. The summed E-state index contributed by atoms with van der Waals surface area (Å²) in [6.45, 7) is 7.34. The van der Waals surface area contributed by atoms with E-state index in [1.165, 1.54) is 0 Å². The van der Waals surface area contributed by atoms with Crippen LogP contribution in [0.25, 0.3) is 0 Å². The molecule has 1 unspecified atom stereocenters. The molecule has 35 heavy (non-hydrogen) atoms. The van der Waals surface area contributed by atoms with E-state index < -0.39 is 22.0 Å². The Hall–Kier alpha value is -3.65. The Bertz CT molecular complexity index is 1390. The predicted octanol–water partition coefficient (Wildman–Crippen LogP) is 4.72. The lowest BCUT2D eigenvalue weighted by molar-refractivity contribution is -0.122. The number of aryl methyl sites for hydroxylation is 4. The Morgan fingerprint density at radius 3 is 2.31 bits per heavy atom. The summed E-state index contributed by atoms with van der Waals surface area (Å²) in [5.74, 6) is -1.07. The van der Waals surface area contributed by atoms with Crippen LogP contribution in [0.5, 0.6) is 0 Å². The van der Waals surface area contributed by atoms with Gasteiger partial charge in [0.25, 0.3) is 15.9 Å². The number of sulfonamides is 1. The molecule has 2 amide bonds. The highest BCUT2D eigenvalue weighted by atomic mass is 32.2. The van der Waals surface area contributed by atoms with Crippen LogP contribution < -0.4 is 14.9 Å². The smallest absolute Gasteiger partial charge is 0.271 e. The lowest BCUT2D eigenvalue weighted by atomic mass is 10.1. The summed E-state index contributed by atoms with van der Waals surface area (Å²) in [4.78, 5) is 26.6. The first-order chi connectivity index (χ1) is 16.6. The second-order valence-electron chi connectivity index (χ2n) is 8.81. The van der Waals surface area contributed by atoms with Gasteiger partial charge in [0.15, 0.2) is 0 Å². The van der Waals surface area contributed by atoms with Crippen LogP contribution >= 0.6 is 0 Å². The van der Waals surface area contributed by atoms with Gasteiger partial charge in [0.2, 0.25) is 5.91 Å². The molecule has 1 aliphatic rings. The van der Waals surface area contributed by atoms with Crippen molar-refractivity contribution >= 4 is 38.9 Å². The fourth-order valence-electron chi connectivity index (χ4n) is 4.67. The van der Waals surface area contributed by atoms with Crippen LogP contribution in [0.15, 0.2) is 65.6 Å². The van der Waals surface area contributed by atoms with E-state index in [1.54, 1.807) is 50.2 Å². The summed E-state index contributed by atoms with van der Waals surface area (Å²) >= 11 is 0. The minimum atomic E-state index is -4.23. The van der Waals surface area contributed by atoms with Crippen LogP contribution in [0.1, 0.15) is 35.6 Å². The van der Waals surface area contributed by atoms with Gasteiger partial charge in [0.05, 0.1) is 22.7 Å². The van der Waals surface area contributed by atoms with Gasteiger partial charge in [-0.15, -0.1) is 0 Å². The van der Waals surface area contributed by atoms with Crippen LogP contribution in [-0.2, 0) is 26.0 Å². The topological polar surface area (TPSA) is 95.6 Å². The number of carbonyl (C=O) groups excluding carboxylic acids is 2. The van der Waals surface area contributed by atoms with Crippen molar-refractivity contribution in [3.05, 3.63) is 82.9 Å². The van der Waals surface area contributed by atoms with E-state index in [-0.39, 0.29) is 22.9 Å². The molecule has 0 aliphatic carbocycles. The lowest BCUT2D eigenvalue weighted by Crippen LogP contribution is -2.51. The summed E-state index contributed by atoms with van der Waals surface area (Å²) in [5.41, 5.74) is 4.44. The molecule has 8 heteroatoms. The van der Waals surface area contributed by atoms with Crippen LogP contribution in [0.2, 0.25) is 0 Å². The molecule has 0 radical (unpaired) electrons. The van der Waals surface area contributed by atoms with Gasteiger partial charge < -0.3 is 10.6 Å². The summed E-state index contributed by atoms with van der Waals surface area (Å²) < 4.78 is 28.6. The molecule has 0 bridgehead atoms. The van der Waals surface area contributed by atoms with E-state index in [9.17, 15) is 18.0 Å². The third kappa shape index (κ3) is 4.66.